The first-order valence-electron chi connectivity index (χ1n) is 12.3. The monoisotopic (exact) mass is 573 g/mol. The number of benzene rings is 1. The van der Waals surface area contributed by atoms with Crippen LogP contribution in [0.15, 0.2) is 29.2 Å². The number of halogens is 1. The lowest BCUT2D eigenvalue weighted by Crippen LogP contribution is -2.39. The van der Waals surface area contributed by atoms with Crippen molar-refractivity contribution in [1.29, 1.82) is 0 Å². The van der Waals surface area contributed by atoms with Gasteiger partial charge in [0.25, 0.3) is 10.1 Å². The minimum atomic E-state index is -3.61. The van der Waals surface area contributed by atoms with Gasteiger partial charge in [0.2, 0.25) is 0 Å². The van der Waals surface area contributed by atoms with Crippen LogP contribution in [0.3, 0.4) is 0 Å². The minimum absolute atomic E-state index is 0.243. The van der Waals surface area contributed by atoms with E-state index in [2.05, 4.69) is 37.8 Å². The Morgan fingerprint density at radius 2 is 1.56 bits per heavy atom. The Balaban J connectivity index is 1.41. The van der Waals surface area contributed by atoms with Gasteiger partial charge in [-0.25, -0.2) is 0 Å². The minimum Gasteiger partial charge on any atom is -0.310 e. The molecule has 4 nitrogen and oxygen atoms in total. The third-order valence-electron chi connectivity index (χ3n) is 6.42. The molecule has 1 N–H and O–H groups in total. The average Bonchev–Trinajstić information content (AvgIpc) is 3.25. The van der Waals surface area contributed by atoms with Gasteiger partial charge in [0, 0.05) is 34.6 Å². The topological polar surface area (TPSA) is 55.4 Å². The first-order valence-corrected chi connectivity index (χ1v) is 14.8. The van der Waals surface area contributed by atoms with Crippen LogP contribution in [0.4, 0.5) is 0 Å². The van der Waals surface area contributed by atoms with Crippen molar-refractivity contribution in [2.45, 2.75) is 107 Å². The SMILES string of the molecule is Cc1ccc(S(=O)(=O)OCCCCCCCCCCCCC2(CC#CI)CCCN2)cc1. The number of aryl methyl sites for hydroxylation is 1. The van der Waals surface area contributed by atoms with E-state index in [9.17, 15) is 8.42 Å². The number of hydrogen-bond acceptors (Lipinski definition) is 4. The molecule has 1 atom stereocenters. The van der Waals surface area contributed by atoms with Crippen molar-refractivity contribution >= 4 is 32.7 Å². The molecular formula is C26H40INO3S. The largest absolute Gasteiger partial charge is 0.310 e. The quantitative estimate of drug-likeness (QED) is 0.101. The van der Waals surface area contributed by atoms with Gasteiger partial charge in [-0.05, 0) is 55.2 Å². The molecule has 0 spiro atoms. The van der Waals surface area contributed by atoms with Gasteiger partial charge in [-0.2, -0.15) is 8.42 Å². The van der Waals surface area contributed by atoms with E-state index in [0.29, 0.717) is 5.54 Å². The smallest absolute Gasteiger partial charge is 0.296 e. The zero-order valence-corrected chi connectivity index (χ0v) is 22.6. The summed E-state index contributed by atoms with van der Waals surface area (Å²) in [5.74, 6) is 3.28. The number of unbranched alkanes of at least 4 members (excludes halogenated alkanes) is 9. The summed E-state index contributed by atoms with van der Waals surface area (Å²) >= 11 is 2.14. The third kappa shape index (κ3) is 10.5. The molecule has 1 saturated heterocycles. The highest BCUT2D eigenvalue weighted by atomic mass is 127. The van der Waals surface area contributed by atoms with E-state index < -0.39 is 10.1 Å². The highest BCUT2D eigenvalue weighted by Gasteiger charge is 2.31. The summed E-state index contributed by atoms with van der Waals surface area (Å²) < 4.78 is 32.5. The van der Waals surface area contributed by atoms with Crippen LogP contribution in [0.1, 0.15) is 95.5 Å². The molecule has 0 radical (unpaired) electrons. The van der Waals surface area contributed by atoms with E-state index in [1.807, 2.05) is 6.92 Å². The second kappa shape index (κ2) is 15.3. The first-order chi connectivity index (χ1) is 15.5. The fourth-order valence-electron chi connectivity index (χ4n) is 4.45. The number of rotatable bonds is 16. The molecule has 1 aromatic carbocycles. The van der Waals surface area contributed by atoms with Gasteiger partial charge in [0.05, 0.1) is 11.5 Å². The lowest BCUT2D eigenvalue weighted by molar-refractivity contribution is 0.306. The van der Waals surface area contributed by atoms with Crippen LogP contribution < -0.4 is 5.32 Å². The number of nitrogens with one attached hydrogen (secondary N) is 1. The summed E-state index contributed by atoms with van der Waals surface area (Å²) in [7, 11) is -3.61. The second-order valence-corrected chi connectivity index (χ2v) is 11.3. The molecule has 0 aliphatic carbocycles. The third-order valence-corrected chi connectivity index (χ3v) is 8.13. The van der Waals surface area contributed by atoms with Crippen molar-refractivity contribution in [1.82, 2.24) is 5.32 Å². The molecule has 1 unspecified atom stereocenters. The Labute approximate surface area is 209 Å². The van der Waals surface area contributed by atoms with Crippen LogP contribution in [-0.2, 0) is 14.3 Å². The van der Waals surface area contributed by atoms with E-state index in [4.69, 9.17) is 4.18 Å². The molecular weight excluding hydrogens is 533 g/mol. The van der Waals surface area contributed by atoms with Crippen LogP contribution in [0.2, 0.25) is 0 Å². The van der Waals surface area contributed by atoms with Crippen molar-refractivity contribution in [2.24, 2.45) is 0 Å². The molecule has 2 rings (SSSR count). The molecule has 1 heterocycles. The zero-order valence-electron chi connectivity index (χ0n) is 19.6. The maximum atomic E-state index is 12.1. The van der Waals surface area contributed by atoms with Crippen LogP contribution in [-0.4, -0.2) is 27.1 Å². The van der Waals surface area contributed by atoms with E-state index in [-0.39, 0.29) is 11.5 Å². The Hall–Kier alpha value is -0.620. The van der Waals surface area contributed by atoms with Gasteiger partial charge in [0.1, 0.15) is 0 Å². The maximum Gasteiger partial charge on any atom is 0.296 e. The molecule has 0 aromatic heterocycles. The highest BCUT2D eigenvalue weighted by Crippen LogP contribution is 2.29. The van der Waals surface area contributed by atoms with Gasteiger partial charge in [-0.1, -0.05) is 81.4 Å². The van der Waals surface area contributed by atoms with E-state index in [1.165, 1.54) is 64.2 Å². The Kier molecular flexibility index (Phi) is 13.2. The molecule has 0 saturated carbocycles. The Morgan fingerprint density at radius 1 is 0.969 bits per heavy atom. The summed E-state index contributed by atoms with van der Waals surface area (Å²) in [5.41, 5.74) is 1.33. The van der Waals surface area contributed by atoms with Crippen molar-refractivity contribution in [3.63, 3.8) is 0 Å². The van der Waals surface area contributed by atoms with E-state index in [1.54, 1.807) is 24.3 Å². The van der Waals surface area contributed by atoms with E-state index >= 15 is 0 Å². The van der Waals surface area contributed by atoms with Gasteiger partial charge >= 0.3 is 0 Å². The Morgan fingerprint density at radius 3 is 2.12 bits per heavy atom. The van der Waals surface area contributed by atoms with Crippen LogP contribution >= 0.6 is 22.6 Å². The summed E-state index contributed by atoms with van der Waals surface area (Å²) in [5, 5.41) is 3.71. The predicted octanol–water partition coefficient (Wildman–Crippen LogP) is 6.90. The second-order valence-electron chi connectivity index (χ2n) is 9.13. The number of hydrogen-bond donors (Lipinski definition) is 1. The van der Waals surface area contributed by atoms with Gasteiger partial charge in [0.15, 0.2) is 0 Å². The lowest BCUT2D eigenvalue weighted by Gasteiger charge is -2.27. The zero-order chi connectivity index (χ0) is 23.1. The van der Waals surface area contributed by atoms with Crippen molar-refractivity contribution in [3.05, 3.63) is 29.8 Å². The fraction of sp³-hybridized carbons (Fsp3) is 0.692. The fourth-order valence-corrected chi connectivity index (χ4v) is 5.58. The van der Waals surface area contributed by atoms with Gasteiger partial charge in [-0.15, -0.1) is 0 Å². The predicted molar refractivity (Wildman–Crippen MR) is 141 cm³/mol. The molecule has 1 aromatic rings. The lowest BCUT2D eigenvalue weighted by atomic mass is 9.87. The van der Waals surface area contributed by atoms with Crippen LogP contribution in [0.5, 0.6) is 0 Å². The van der Waals surface area contributed by atoms with Crippen molar-refractivity contribution < 1.29 is 12.6 Å². The van der Waals surface area contributed by atoms with Gasteiger partial charge < -0.3 is 5.32 Å². The summed E-state index contributed by atoms with van der Waals surface area (Å²) in [4.78, 5) is 0.243. The Bertz CT molecular complexity index is 806. The summed E-state index contributed by atoms with van der Waals surface area (Å²) in [6.07, 6.45) is 16.9. The van der Waals surface area contributed by atoms with Crippen LogP contribution in [0.25, 0.3) is 0 Å². The molecule has 32 heavy (non-hydrogen) atoms. The molecule has 1 fully saturated rings. The summed E-state index contributed by atoms with van der Waals surface area (Å²) in [6, 6.07) is 6.80. The maximum absolute atomic E-state index is 12.1. The highest BCUT2D eigenvalue weighted by molar-refractivity contribution is 14.1. The first kappa shape index (κ1) is 27.6. The molecule has 1 aliphatic heterocycles. The molecule has 180 valence electrons. The van der Waals surface area contributed by atoms with Crippen molar-refractivity contribution in [2.75, 3.05) is 13.2 Å². The van der Waals surface area contributed by atoms with Gasteiger partial charge in [-0.3, -0.25) is 4.18 Å². The average molecular weight is 574 g/mol. The van der Waals surface area contributed by atoms with E-state index in [0.717, 1.165) is 37.8 Å². The van der Waals surface area contributed by atoms with Crippen LogP contribution in [0, 0.1) is 16.8 Å². The standard InChI is InChI=1S/C26H40INO3S/c1-24-14-16-25(17-15-24)32(29,30)31-23-11-9-7-5-3-2-4-6-8-10-18-26(19-12-21-27)20-13-22-28-26/h14-17,28H,2-11,13,18-20,22-23H2,1H3. The molecule has 6 heteroatoms. The molecule has 0 amide bonds. The molecule has 1 aliphatic rings. The van der Waals surface area contributed by atoms with Crippen molar-refractivity contribution in [3.8, 4) is 9.85 Å². The summed E-state index contributed by atoms with van der Waals surface area (Å²) in [6.45, 7) is 3.36. The molecule has 0 bridgehead atoms. The normalized spacial score (nSPS) is 18.4.